The van der Waals surface area contributed by atoms with Gasteiger partial charge < -0.3 is 5.11 Å². The highest BCUT2D eigenvalue weighted by molar-refractivity contribution is 5.28. The number of halogens is 2. The second kappa shape index (κ2) is 3.07. The van der Waals surface area contributed by atoms with E-state index < -0.39 is 5.82 Å². The van der Waals surface area contributed by atoms with E-state index in [2.05, 4.69) is 0 Å². The maximum atomic E-state index is 13.1. The molecular weight excluding hydrogens is 174 g/mol. The van der Waals surface area contributed by atoms with Gasteiger partial charge in [-0.1, -0.05) is 0 Å². The summed E-state index contributed by atoms with van der Waals surface area (Å²) in [7, 11) is 0. The highest BCUT2D eigenvalue weighted by Gasteiger charge is 2.39. The molecule has 3 heteroatoms. The van der Waals surface area contributed by atoms with Gasteiger partial charge in [-0.25, -0.2) is 8.78 Å². The van der Waals surface area contributed by atoms with Crippen LogP contribution >= 0.6 is 0 Å². The first kappa shape index (κ1) is 8.63. The monoisotopic (exact) mass is 184 g/mol. The van der Waals surface area contributed by atoms with Crippen molar-refractivity contribution in [2.45, 2.75) is 12.3 Å². The molecule has 0 aliphatic heterocycles. The van der Waals surface area contributed by atoms with Crippen molar-refractivity contribution in [3.63, 3.8) is 0 Å². The Morgan fingerprint density at radius 1 is 1.38 bits per heavy atom. The first-order valence-electron chi connectivity index (χ1n) is 4.28. The minimum Gasteiger partial charge on any atom is -0.396 e. The van der Waals surface area contributed by atoms with Crippen molar-refractivity contribution in [1.29, 1.82) is 0 Å². The Labute approximate surface area is 75.0 Å². The highest BCUT2D eigenvalue weighted by atomic mass is 19.1. The van der Waals surface area contributed by atoms with Crippen LogP contribution in [0.1, 0.15) is 17.9 Å². The Hall–Kier alpha value is -0.960. The van der Waals surface area contributed by atoms with Crippen molar-refractivity contribution in [3.05, 3.63) is 35.4 Å². The van der Waals surface area contributed by atoms with Crippen LogP contribution in [0.5, 0.6) is 0 Å². The molecule has 1 nitrogen and oxygen atoms in total. The van der Waals surface area contributed by atoms with E-state index in [-0.39, 0.29) is 24.3 Å². The van der Waals surface area contributed by atoms with Gasteiger partial charge >= 0.3 is 0 Å². The van der Waals surface area contributed by atoms with Crippen molar-refractivity contribution in [3.8, 4) is 0 Å². The lowest BCUT2D eigenvalue weighted by atomic mass is 10.1. The van der Waals surface area contributed by atoms with Gasteiger partial charge in [0.2, 0.25) is 0 Å². The maximum Gasteiger partial charge on any atom is 0.126 e. The average Bonchev–Trinajstić information content (AvgIpc) is 2.88. The van der Waals surface area contributed by atoms with Crippen molar-refractivity contribution >= 4 is 0 Å². The molecule has 1 aliphatic carbocycles. The zero-order chi connectivity index (χ0) is 9.42. The SMILES string of the molecule is OC[C@H]1C[C@@H]1c1cc(F)ccc1F. The zero-order valence-corrected chi connectivity index (χ0v) is 7.00. The molecule has 0 radical (unpaired) electrons. The van der Waals surface area contributed by atoms with Crippen molar-refractivity contribution < 1.29 is 13.9 Å². The Morgan fingerprint density at radius 2 is 2.15 bits per heavy atom. The van der Waals surface area contributed by atoms with E-state index in [1.165, 1.54) is 6.07 Å². The summed E-state index contributed by atoms with van der Waals surface area (Å²) in [6.45, 7) is 0.0562. The van der Waals surface area contributed by atoms with Crippen LogP contribution in [-0.4, -0.2) is 11.7 Å². The van der Waals surface area contributed by atoms with Crippen LogP contribution in [0.4, 0.5) is 8.78 Å². The molecule has 0 amide bonds. The lowest BCUT2D eigenvalue weighted by molar-refractivity contribution is 0.273. The minimum absolute atomic E-state index is 0.0145. The third-order valence-electron chi connectivity index (χ3n) is 2.51. The van der Waals surface area contributed by atoms with E-state index in [0.29, 0.717) is 5.56 Å². The fourth-order valence-corrected chi connectivity index (χ4v) is 1.63. The summed E-state index contributed by atoms with van der Waals surface area (Å²) in [6, 6.07) is 3.46. The van der Waals surface area contributed by atoms with E-state index in [1.807, 2.05) is 0 Å². The first-order chi connectivity index (χ1) is 6.22. The second-order valence-electron chi connectivity index (χ2n) is 3.45. The van der Waals surface area contributed by atoms with Crippen LogP contribution in [0.2, 0.25) is 0 Å². The minimum atomic E-state index is -0.417. The summed E-state index contributed by atoms with van der Waals surface area (Å²) >= 11 is 0. The van der Waals surface area contributed by atoms with Gasteiger partial charge in [0.25, 0.3) is 0 Å². The predicted molar refractivity (Wildman–Crippen MR) is 44.3 cm³/mol. The summed E-state index contributed by atoms with van der Waals surface area (Å²) in [6.07, 6.45) is 0.761. The molecule has 1 aliphatic rings. The molecular formula is C10H10F2O. The molecule has 1 fully saturated rings. The topological polar surface area (TPSA) is 20.2 Å². The van der Waals surface area contributed by atoms with E-state index in [0.717, 1.165) is 18.6 Å². The van der Waals surface area contributed by atoms with E-state index >= 15 is 0 Å². The molecule has 0 bridgehead atoms. The fourth-order valence-electron chi connectivity index (χ4n) is 1.63. The molecule has 1 saturated carbocycles. The molecule has 2 rings (SSSR count). The van der Waals surface area contributed by atoms with Crippen molar-refractivity contribution in [2.75, 3.05) is 6.61 Å². The third-order valence-corrected chi connectivity index (χ3v) is 2.51. The van der Waals surface area contributed by atoms with Gasteiger partial charge in [-0.05, 0) is 42.0 Å². The van der Waals surface area contributed by atoms with Gasteiger partial charge in [0.05, 0.1) is 0 Å². The van der Waals surface area contributed by atoms with E-state index in [4.69, 9.17) is 5.11 Å². The van der Waals surface area contributed by atoms with Crippen LogP contribution in [0.25, 0.3) is 0 Å². The molecule has 1 N–H and O–H groups in total. The van der Waals surface area contributed by atoms with Gasteiger partial charge in [-0.15, -0.1) is 0 Å². The summed E-state index contributed by atoms with van der Waals surface area (Å²) in [5, 5.41) is 8.78. The smallest absolute Gasteiger partial charge is 0.126 e. The molecule has 0 saturated heterocycles. The molecule has 0 aromatic heterocycles. The second-order valence-corrected chi connectivity index (χ2v) is 3.45. The molecule has 13 heavy (non-hydrogen) atoms. The third kappa shape index (κ3) is 1.56. The van der Waals surface area contributed by atoms with Crippen LogP contribution in [0, 0.1) is 17.6 Å². The molecule has 1 aromatic rings. The largest absolute Gasteiger partial charge is 0.396 e. The first-order valence-corrected chi connectivity index (χ1v) is 4.28. The van der Waals surface area contributed by atoms with Gasteiger partial charge in [0.1, 0.15) is 11.6 Å². The number of benzene rings is 1. The van der Waals surface area contributed by atoms with Crippen molar-refractivity contribution in [2.24, 2.45) is 5.92 Å². The lowest BCUT2D eigenvalue weighted by Gasteiger charge is -2.01. The van der Waals surface area contributed by atoms with Crippen LogP contribution in [0.3, 0.4) is 0 Å². The maximum absolute atomic E-state index is 13.1. The predicted octanol–water partition coefficient (Wildman–Crippen LogP) is 2.06. The normalized spacial score (nSPS) is 26.1. The molecule has 2 atom stereocenters. The van der Waals surface area contributed by atoms with Gasteiger partial charge in [0, 0.05) is 6.61 Å². The van der Waals surface area contributed by atoms with Crippen LogP contribution in [0.15, 0.2) is 18.2 Å². The summed E-state index contributed by atoms with van der Waals surface area (Å²) in [4.78, 5) is 0. The van der Waals surface area contributed by atoms with E-state index in [1.54, 1.807) is 0 Å². The van der Waals surface area contributed by atoms with Gasteiger partial charge in [0.15, 0.2) is 0 Å². The summed E-state index contributed by atoms with van der Waals surface area (Å²) in [5.41, 5.74) is 0.402. The molecule has 0 unspecified atom stereocenters. The lowest BCUT2D eigenvalue weighted by Crippen LogP contribution is -1.93. The molecule has 70 valence electrons. The van der Waals surface area contributed by atoms with Crippen LogP contribution in [-0.2, 0) is 0 Å². The van der Waals surface area contributed by atoms with Gasteiger partial charge in [-0.2, -0.15) is 0 Å². The standard InChI is InChI=1S/C10H10F2O/c11-7-1-2-10(12)9(4-7)8-3-6(8)5-13/h1-2,4,6,8,13H,3,5H2/t6-,8+/m1/s1. The van der Waals surface area contributed by atoms with Crippen molar-refractivity contribution in [1.82, 2.24) is 0 Å². The van der Waals surface area contributed by atoms with Crippen LogP contribution < -0.4 is 0 Å². The Bertz CT molecular complexity index is 325. The Balaban J connectivity index is 2.25. The Morgan fingerprint density at radius 3 is 2.77 bits per heavy atom. The quantitative estimate of drug-likeness (QED) is 0.745. The number of aliphatic hydroxyl groups excluding tert-OH is 1. The summed E-state index contributed by atoms with van der Waals surface area (Å²) < 4.78 is 25.9. The number of aliphatic hydroxyl groups is 1. The number of rotatable bonds is 2. The Kier molecular flexibility index (Phi) is 2.04. The number of hydrogen-bond acceptors (Lipinski definition) is 1. The fraction of sp³-hybridized carbons (Fsp3) is 0.400. The highest BCUT2D eigenvalue weighted by Crippen LogP contribution is 2.47. The zero-order valence-electron chi connectivity index (χ0n) is 7.00. The molecule has 1 aromatic carbocycles. The number of hydrogen-bond donors (Lipinski definition) is 1. The molecule has 0 spiro atoms. The summed E-state index contributed by atoms with van der Waals surface area (Å²) in [5.74, 6) is -0.653. The van der Waals surface area contributed by atoms with E-state index in [9.17, 15) is 8.78 Å². The average molecular weight is 184 g/mol. The molecule has 0 heterocycles. The van der Waals surface area contributed by atoms with Gasteiger partial charge in [-0.3, -0.25) is 0 Å².